The van der Waals surface area contributed by atoms with Crippen LogP contribution in [0.2, 0.25) is 0 Å². The van der Waals surface area contributed by atoms with E-state index in [1.54, 1.807) is 0 Å². The van der Waals surface area contributed by atoms with Crippen molar-refractivity contribution in [1.29, 1.82) is 0 Å². The molecule has 1 aromatic heterocycles. The lowest BCUT2D eigenvalue weighted by molar-refractivity contribution is -0.135. The summed E-state index contributed by atoms with van der Waals surface area (Å²) in [6, 6.07) is -0.707. The number of Topliss-reactive ketones (excluding diaryl/α,β-unsaturated/α-hetero) is 2. The lowest BCUT2D eigenvalue weighted by atomic mass is 9.90. The molecule has 2 rings (SSSR count). The molecule has 0 saturated heterocycles. The molecule has 1 saturated carbocycles. The van der Waals surface area contributed by atoms with Gasteiger partial charge in [-0.25, -0.2) is 0 Å². The SMILES string of the molecule is COC[C@H](CC(=O)[C@H](COC)NC(=O)c1cc(C(N)=O)on1)C(=O)N[C@@H](CC(C)C)C(=O)C1(C)CC1. The molecule has 1 aliphatic rings. The van der Waals surface area contributed by atoms with Crippen LogP contribution in [0.4, 0.5) is 0 Å². The molecule has 0 unspecified atom stereocenters. The zero-order valence-electron chi connectivity index (χ0n) is 21.4. The van der Waals surface area contributed by atoms with Crippen LogP contribution in [0.3, 0.4) is 0 Å². The fraction of sp³-hybridized carbons (Fsp3) is 0.667. The summed E-state index contributed by atoms with van der Waals surface area (Å²) in [5, 5.41) is 8.77. The van der Waals surface area contributed by atoms with Crippen molar-refractivity contribution in [1.82, 2.24) is 15.8 Å². The summed E-state index contributed by atoms with van der Waals surface area (Å²) in [6.45, 7) is 5.61. The van der Waals surface area contributed by atoms with Gasteiger partial charge in [0.25, 0.3) is 11.8 Å². The fourth-order valence-corrected chi connectivity index (χ4v) is 3.77. The van der Waals surface area contributed by atoms with Gasteiger partial charge in [0.1, 0.15) is 6.04 Å². The van der Waals surface area contributed by atoms with Crippen LogP contribution < -0.4 is 16.4 Å². The minimum absolute atomic E-state index is 0.000455. The molecule has 4 N–H and O–H groups in total. The Balaban J connectivity index is 2.10. The highest BCUT2D eigenvalue weighted by Crippen LogP contribution is 2.47. The Labute approximate surface area is 210 Å². The van der Waals surface area contributed by atoms with Crippen molar-refractivity contribution in [3.63, 3.8) is 0 Å². The van der Waals surface area contributed by atoms with Gasteiger partial charge in [-0.05, 0) is 25.2 Å². The number of rotatable bonds is 16. The molecule has 12 nitrogen and oxygen atoms in total. The van der Waals surface area contributed by atoms with Crippen LogP contribution in [-0.2, 0) is 23.9 Å². The zero-order chi connectivity index (χ0) is 27.0. The number of methoxy groups -OCH3 is 2. The standard InChI is InChI=1S/C24H36N4O8/c1-13(2)8-15(20(30)24(3)6-7-24)26-22(32)14(11-34-4)9-18(29)17(12-35-5)27-23(33)16-10-19(21(25)31)36-28-16/h10,13-15,17H,6-9,11-12H2,1-5H3,(H2,25,31)(H,26,32)(H,27,33)/t14-,15-,17-/m0/s1. The first-order valence-electron chi connectivity index (χ1n) is 11.8. The normalized spacial score (nSPS) is 16.6. The van der Waals surface area contributed by atoms with Crippen molar-refractivity contribution in [2.24, 2.45) is 23.0 Å². The minimum atomic E-state index is -1.11. The lowest BCUT2D eigenvalue weighted by Crippen LogP contribution is -2.49. The number of aromatic nitrogens is 1. The van der Waals surface area contributed by atoms with Gasteiger partial charge < -0.3 is 30.4 Å². The Morgan fingerprint density at radius 2 is 1.72 bits per heavy atom. The molecule has 3 amide bonds. The Bertz CT molecular complexity index is 969. The van der Waals surface area contributed by atoms with Crippen LogP contribution in [0.1, 0.15) is 67.5 Å². The van der Waals surface area contributed by atoms with Gasteiger partial charge in [-0.3, -0.25) is 24.0 Å². The van der Waals surface area contributed by atoms with Gasteiger partial charge in [0.2, 0.25) is 11.7 Å². The average Bonchev–Trinajstić information content (AvgIpc) is 3.35. The van der Waals surface area contributed by atoms with E-state index in [0.717, 1.165) is 18.9 Å². The first kappa shape index (κ1) is 29.1. The molecule has 1 heterocycles. The Hall–Kier alpha value is -3.12. The number of hydrogen-bond donors (Lipinski definition) is 3. The molecule has 0 aromatic carbocycles. The number of hydrogen-bond acceptors (Lipinski definition) is 9. The number of primary amides is 1. The van der Waals surface area contributed by atoms with Crippen molar-refractivity contribution in [3.05, 3.63) is 17.5 Å². The average molecular weight is 509 g/mol. The van der Waals surface area contributed by atoms with E-state index in [0.29, 0.717) is 6.42 Å². The van der Waals surface area contributed by atoms with Crippen LogP contribution in [0.5, 0.6) is 0 Å². The Morgan fingerprint density at radius 1 is 1.08 bits per heavy atom. The maximum atomic E-state index is 13.1. The highest BCUT2D eigenvalue weighted by atomic mass is 16.5. The third kappa shape index (κ3) is 7.95. The van der Waals surface area contributed by atoms with Crippen molar-refractivity contribution in [3.8, 4) is 0 Å². The zero-order valence-corrected chi connectivity index (χ0v) is 21.4. The quantitative estimate of drug-likeness (QED) is 0.289. The van der Waals surface area contributed by atoms with E-state index < -0.39 is 46.9 Å². The monoisotopic (exact) mass is 508 g/mol. The fourth-order valence-electron chi connectivity index (χ4n) is 3.77. The summed E-state index contributed by atoms with van der Waals surface area (Å²) in [5.74, 6) is -3.66. The van der Waals surface area contributed by atoms with Crippen molar-refractivity contribution in [2.75, 3.05) is 27.4 Å². The third-order valence-corrected chi connectivity index (χ3v) is 6.13. The second-order valence-electron chi connectivity index (χ2n) is 9.86. The van der Waals surface area contributed by atoms with Crippen LogP contribution in [-0.4, -0.2) is 74.0 Å². The van der Waals surface area contributed by atoms with Crippen LogP contribution in [0.15, 0.2) is 10.6 Å². The molecule has 0 radical (unpaired) electrons. The summed E-state index contributed by atoms with van der Waals surface area (Å²) >= 11 is 0. The largest absolute Gasteiger partial charge is 0.384 e. The Morgan fingerprint density at radius 3 is 2.22 bits per heavy atom. The van der Waals surface area contributed by atoms with Gasteiger partial charge in [-0.1, -0.05) is 25.9 Å². The van der Waals surface area contributed by atoms with Crippen LogP contribution in [0.25, 0.3) is 0 Å². The van der Waals surface area contributed by atoms with E-state index in [1.807, 2.05) is 20.8 Å². The molecule has 1 aromatic rings. The van der Waals surface area contributed by atoms with Gasteiger partial charge >= 0.3 is 0 Å². The third-order valence-electron chi connectivity index (χ3n) is 6.13. The van der Waals surface area contributed by atoms with E-state index in [4.69, 9.17) is 19.7 Å². The maximum absolute atomic E-state index is 13.1. The predicted molar refractivity (Wildman–Crippen MR) is 127 cm³/mol. The number of ketones is 2. The van der Waals surface area contributed by atoms with Crippen molar-refractivity contribution >= 4 is 29.3 Å². The van der Waals surface area contributed by atoms with Crippen LogP contribution >= 0.6 is 0 Å². The van der Waals surface area contributed by atoms with Gasteiger partial charge in [0, 0.05) is 32.1 Å². The van der Waals surface area contributed by atoms with Gasteiger partial charge in [0.05, 0.1) is 25.2 Å². The topological polar surface area (TPSA) is 180 Å². The number of nitrogens with one attached hydrogen (secondary N) is 2. The first-order chi connectivity index (χ1) is 16.9. The highest BCUT2D eigenvalue weighted by Gasteiger charge is 2.48. The molecular weight excluding hydrogens is 472 g/mol. The number of nitrogens with zero attached hydrogens (tertiary/aromatic N) is 1. The number of ether oxygens (including phenoxy) is 2. The molecule has 0 spiro atoms. The van der Waals surface area contributed by atoms with E-state index >= 15 is 0 Å². The molecule has 36 heavy (non-hydrogen) atoms. The molecular formula is C24H36N4O8. The van der Waals surface area contributed by atoms with E-state index in [9.17, 15) is 24.0 Å². The van der Waals surface area contributed by atoms with Crippen molar-refractivity contribution in [2.45, 2.75) is 58.5 Å². The van der Waals surface area contributed by atoms with Crippen LogP contribution in [0, 0.1) is 17.3 Å². The molecule has 12 heteroatoms. The molecule has 0 bridgehead atoms. The van der Waals surface area contributed by atoms with E-state index in [1.165, 1.54) is 14.2 Å². The lowest BCUT2D eigenvalue weighted by Gasteiger charge is -2.25. The molecule has 1 aliphatic carbocycles. The van der Waals surface area contributed by atoms with Gasteiger partial charge in [0.15, 0.2) is 17.3 Å². The van der Waals surface area contributed by atoms with Gasteiger partial charge in [-0.15, -0.1) is 0 Å². The first-order valence-corrected chi connectivity index (χ1v) is 11.8. The number of nitrogens with two attached hydrogens (primary N) is 1. The smallest absolute Gasteiger partial charge is 0.287 e. The molecule has 200 valence electrons. The molecule has 3 atom stereocenters. The number of carbonyl (C=O) groups excluding carboxylic acids is 5. The minimum Gasteiger partial charge on any atom is -0.384 e. The second-order valence-corrected chi connectivity index (χ2v) is 9.86. The number of carbonyl (C=O) groups is 5. The second kappa shape index (κ2) is 12.7. The van der Waals surface area contributed by atoms with E-state index in [2.05, 4.69) is 15.8 Å². The molecule has 1 fully saturated rings. The van der Waals surface area contributed by atoms with E-state index in [-0.39, 0.29) is 42.8 Å². The summed E-state index contributed by atoms with van der Waals surface area (Å²) < 4.78 is 14.9. The molecule has 0 aliphatic heterocycles. The predicted octanol–water partition coefficient (Wildman–Crippen LogP) is 0.640. The summed E-state index contributed by atoms with van der Waals surface area (Å²) in [5.41, 5.74) is 4.44. The summed E-state index contributed by atoms with van der Waals surface area (Å²) in [7, 11) is 2.76. The summed E-state index contributed by atoms with van der Waals surface area (Å²) in [4.78, 5) is 62.8. The summed E-state index contributed by atoms with van der Waals surface area (Å²) in [6.07, 6.45) is 1.81. The maximum Gasteiger partial charge on any atom is 0.287 e. The van der Waals surface area contributed by atoms with Gasteiger partial charge in [-0.2, -0.15) is 0 Å². The van der Waals surface area contributed by atoms with Crippen molar-refractivity contribution < 1.29 is 38.0 Å². The highest BCUT2D eigenvalue weighted by molar-refractivity contribution is 6.00. The Kier molecular flexibility index (Phi) is 10.3. The number of amides is 3.